The van der Waals surface area contributed by atoms with Crippen molar-refractivity contribution in [3.8, 4) is 0 Å². The third kappa shape index (κ3) is 3.89. The van der Waals surface area contributed by atoms with Gasteiger partial charge in [0.15, 0.2) is 0 Å². The van der Waals surface area contributed by atoms with E-state index in [0.717, 1.165) is 23.6 Å². The Morgan fingerprint density at radius 3 is 2.54 bits per heavy atom. The molecule has 6 rings (SSSR count). The van der Waals surface area contributed by atoms with E-state index in [4.69, 9.17) is 9.15 Å². The van der Waals surface area contributed by atoms with E-state index in [0.29, 0.717) is 51.6 Å². The summed E-state index contributed by atoms with van der Waals surface area (Å²) in [6.07, 6.45) is 3.85. The minimum absolute atomic E-state index is 0.0829. The van der Waals surface area contributed by atoms with Crippen molar-refractivity contribution in [3.05, 3.63) is 65.4 Å². The molecule has 0 saturated heterocycles. The van der Waals surface area contributed by atoms with Gasteiger partial charge in [-0.15, -0.1) is 0 Å². The second kappa shape index (κ2) is 9.23. The Morgan fingerprint density at radius 1 is 1.03 bits per heavy atom. The van der Waals surface area contributed by atoms with Crippen LogP contribution in [-0.4, -0.2) is 33.3 Å². The van der Waals surface area contributed by atoms with Crippen LogP contribution in [0.15, 0.2) is 57.8 Å². The highest BCUT2D eigenvalue weighted by Gasteiger charge is 2.38. The lowest BCUT2D eigenvalue weighted by molar-refractivity contribution is -0.122. The first-order chi connectivity index (χ1) is 18.7. The number of hydrogen-bond donors (Lipinski definition) is 1. The molecule has 1 saturated carbocycles. The average Bonchev–Trinajstić information content (AvgIpc) is 3.45. The standard InChI is InChI=1S/C29H26N2O7S/c1-16-25(29(34)37-2)21-15-18(11-13-23(21)38-16)31(28(33)17-7-4-3-5-8-17)39(35,36)24-14-12-22-26-19(24)9-6-10-20(26)27(32)30-22/h6,9-15,17H,3-5,7-8H2,1-2H3,(H,30,32). The Bertz CT molecular complexity index is 1800. The number of carbonyl (C=O) groups excluding carboxylic acids is 3. The molecule has 3 aromatic carbocycles. The molecule has 200 valence electrons. The van der Waals surface area contributed by atoms with Gasteiger partial charge < -0.3 is 14.5 Å². The van der Waals surface area contributed by atoms with Crippen molar-refractivity contribution in [3.63, 3.8) is 0 Å². The molecular formula is C29H26N2O7S. The molecule has 0 radical (unpaired) electrons. The van der Waals surface area contributed by atoms with Gasteiger partial charge in [0.2, 0.25) is 5.91 Å². The van der Waals surface area contributed by atoms with Crippen molar-refractivity contribution in [2.24, 2.45) is 5.92 Å². The SMILES string of the molecule is COC(=O)c1c(C)oc2ccc(N(C(=O)C3CCCCC3)S(=O)(=O)c3ccc4c5c(cccc35)C(=O)N4)cc12. The van der Waals surface area contributed by atoms with Crippen LogP contribution in [0.5, 0.6) is 0 Å². The van der Waals surface area contributed by atoms with Crippen LogP contribution in [0, 0.1) is 12.8 Å². The monoisotopic (exact) mass is 546 g/mol. The number of nitrogens with zero attached hydrogens (tertiary/aromatic N) is 1. The Labute approximate surface area is 224 Å². The van der Waals surface area contributed by atoms with Gasteiger partial charge in [-0.25, -0.2) is 17.5 Å². The topological polar surface area (TPSA) is 123 Å². The van der Waals surface area contributed by atoms with Crippen molar-refractivity contribution in [2.45, 2.75) is 43.9 Å². The number of fused-ring (bicyclic) bond motifs is 1. The summed E-state index contributed by atoms with van der Waals surface area (Å²) < 4.78 is 40.4. The van der Waals surface area contributed by atoms with Crippen LogP contribution in [0.3, 0.4) is 0 Å². The van der Waals surface area contributed by atoms with Gasteiger partial charge in [0, 0.05) is 33.3 Å². The first-order valence-corrected chi connectivity index (χ1v) is 14.2. The highest BCUT2D eigenvalue weighted by atomic mass is 32.2. The number of esters is 1. The molecule has 9 nitrogen and oxygen atoms in total. The first-order valence-electron chi connectivity index (χ1n) is 12.8. The molecule has 0 atom stereocenters. The lowest BCUT2D eigenvalue weighted by atomic mass is 9.88. The van der Waals surface area contributed by atoms with Crippen LogP contribution in [0.1, 0.15) is 58.6 Å². The van der Waals surface area contributed by atoms with Crippen molar-refractivity contribution >= 4 is 60.9 Å². The number of ether oxygens (including phenoxy) is 1. The molecule has 1 aliphatic heterocycles. The fourth-order valence-electron chi connectivity index (χ4n) is 5.78. The molecular weight excluding hydrogens is 520 g/mol. The average molecular weight is 547 g/mol. The maximum absolute atomic E-state index is 14.5. The zero-order chi connectivity index (χ0) is 27.5. The smallest absolute Gasteiger partial charge is 0.342 e. The molecule has 2 amide bonds. The minimum atomic E-state index is -4.46. The van der Waals surface area contributed by atoms with Crippen LogP contribution < -0.4 is 9.62 Å². The zero-order valence-corrected chi connectivity index (χ0v) is 22.3. The van der Waals surface area contributed by atoms with Crippen LogP contribution >= 0.6 is 0 Å². The van der Waals surface area contributed by atoms with Crippen molar-refractivity contribution in [1.29, 1.82) is 0 Å². The summed E-state index contributed by atoms with van der Waals surface area (Å²) in [5.41, 5.74) is 1.54. The summed E-state index contributed by atoms with van der Waals surface area (Å²) in [5.74, 6) is -1.59. The number of sulfonamides is 1. The van der Waals surface area contributed by atoms with E-state index >= 15 is 0 Å². The molecule has 39 heavy (non-hydrogen) atoms. The molecule has 1 aliphatic carbocycles. The van der Waals surface area contributed by atoms with E-state index in [1.165, 1.54) is 25.3 Å². The maximum atomic E-state index is 14.5. The number of methoxy groups -OCH3 is 1. The third-order valence-corrected chi connectivity index (χ3v) is 9.42. The molecule has 10 heteroatoms. The van der Waals surface area contributed by atoms with Gasteiger partial charge in [-0.05, 0) is 56.2 Å². The van der Waals surface area contributed by atoms with Gasteiger partial charge in [0.25, 0.3) is 15.9 Å². The number of amides is 2. The molecule has 1 N–H and O–H groups in total. The highest BCUT2D eigenvalue weighted by molar-refractivity contribution is 7.93. The van der Waals surface area contributed by atoms with Gasteiger partial charge in [-0.3, -0.25) is 9.59 Å². The fraction of sp³-hybridized carbons (Fsp3) is 0.276. The van der Waals surface area contributed by atoms with Crippen LogP contribution in [-0.2, 0) is 19.6 Å². The summed E-state index contributed by atoms with van der Waals surface area (Å²) in [6.45, 7) is 1.62. The Balaban J connectivity index is 1.57. The lowest BCUT2D eigenvalue weighted by Gasteiger charge is -2.29. The number of carbonyl (C=O) groups is 3. The summed E-state index contributed by atoms with van der Waals surface area (Å²) in [6, 6.07) is 12.4. The van der Waals surface area contributed by atoms with E-state index in [-0.39, 0.29) is 22.1 Å². The Hall–Kier alpha value is -4.18. The van der Waals surface area contributed by atoms with Crippen LogP contribution in [0.2, 0.25) is 0 Å². The first kappa shape index (κ1) is 25.1. The number of aryl methyl sites for hydroxylation is 1. The quantitative estimate of drug-likeness (QED) is 0.326. The van der Waals surface area contributed by atoms with Gasteiger partial charge in [-0.1, -0.05) is 31.4 Å². The number of nitrogens with one attached hydrogen (secondary N) is 1. The maximum Gasteiger partial charge on any atom is 0.342 e. The van der Waals surface area contributed by atoms with E-state index in [2.05, 4.69) is 5.32 Å². The third-order valence-electron chi connectivity index (χ3n) is 7.64. The van der Waals surface area contributed by atoms with Crippen LogP contribution in [0.25, 0.3) is 21.7 Å². The van der Waals surface area contributed by atoms with E-state index in [1.54, 1.807) is 37.3 Å². The van der Waals surface area contributed by atoms with Gasteiger partial charge >= 0.3 is 5.97 Å². The van der Waals surface area contributed by atoms with Gasteiger partial charge in [0.1, 0.15) is 16.9 Å². The van der Waals surface area contributed by atoms with Crippen molar-refractivity contribution in [1.82, 2.24) is 0 Å². The molecule has 2 heterocycles. The molecule has 4 aromatic rings. The second-order valence-electron chi connectivity index (χ2n) is 9.94. The fourth-order valence-corrected chi connectivity index (χ4v) is 7.44. The number of furan rings is 1. The molecule has 0 spiro atoms. The zero-order valence-electron chi connectivity index (χ0n) is 21.4. The number of hydrogen-bond acceptors (Lipinski definition) is 7. The number of anilines is 2. The van der Waals surface area contributed by atoms with E-state index < -0.39 is 27.8 Å². The van der Waals surface area contributed by atoms with Crippen molar-refractivity contribution in [2.75, 3.05) is 16.7 Å². The molecule has 1 aromatic heterocycles. The van der Waals surface area contributed by atoms with E-state index in [1.807, 2.05) is 0 Å². The van der Waals surface area contributed by atoms with Crippen LogP contribution in [0.4, 0.5) is 11.4 Å². The summed E-state index contributed by atoms with van der Waals surface area (Å²) in [4.78, 5) is 38.9. The summed E-state index contributed by atoms with van der Waals surface area (Å²) >= 11 is 0. The predicted octanol–water partition coefficient (Wildman–Crippen LogP) is 5.55. The normalized spacial score (nSPS) is 15.5. The molecule has 0 bridgehead atoms. The van der Waals surface area contributed by atoms with Crippen molar-refractivity contribution < 1.29 is 32.0 Å². The van der Waals surface area contributed by atoms with E-state index in [9.17, 15) is 22.8 Å². The van der Waals surface area contributed by atoms with Gasteiger partial charge in [-0.2, -0.15) is 0 Å². The Morgan fingerprint density at radius 2 is 1.79 bits per heavy atom. The van der Waals surface area contributed by atoms with Gasteiger partial charge in [0.05, 0.1) is 17.7 Å². The Kier molecular flexibility index (Phi) is 5.95. The molecule has 2 aliphatic rings. The number of rotatable bonds is 5. The largest absolute Gasteiger partial charge is 0.465 e. The highest BCUT2D eigenvalue weighted by Crippen LogP contribution is 2.40. The lowest BCUT2D eigenvalue weighted by Crippen LogP contribution is -2.41. The number of benzene rings is 3. The summed E-state index contributed by atoms with van der Waals surface area (Å²) in [5, 5.41) is 3.96. The molecule has 1 fully saturated rings. The second-order valence-corrected chi connectivity index (χ2v) is 11.7. The minimum Gasteiger partial charge on any atom is -0.465 e. The molecule has 0 unspecified atom stereocenters. The summed E-state index contributed by atoms with van der Waals surface area (Å²) in [7, 11) is -3.20. The predicted molar refractivity (Wildman–Crippen MR) is 145 cm³/mol.